The highest BCUT2D eigenvalue weighted by Gasteiger charge is 2.44. The molecule has 1 N–H and O–H groups in total. The molecule has 1 saturated heterocycles. The molecule has 3 heterocycles. The summed E-state index contributed by atoms with van der Waals surface area (Å²) in [4.78, 5) is 31.0. The van der Waals surface area contributed by atoms with Crippen LogP contribution in [0.1, 0.15) is 73.4 Å². The van der Waals surface area contributed by atoms with Gasteiger partial charge in [0.05, 0.1) is 44.0 Å². The lowest BCUT2D eigenvalue weighted by molar-refractivity contribution is -0.118. The number of morpholine rings is 1. The quantitative estimate of drug-likeness (QED) is 0.362. The number of aryl methyl sites for hydroxylation is 1. The second-order valence-corrected chi connectivity index (χ2v) is 17.3. The molecule has 10 nitrogen and oxygen atoms in total. The van der Waals surface area contributed by atoms with Crippen LogP contribution >= 0.6 is 11.6 Å². The smallest absolute Gasteiger partial charge is 0.286 e. The zero-order valence-electron chi connectivity index (χ0n) is 29.7. The van der Waals surface area contributed by atoms with Crippen molar-refractivity contribution in [3.05, 3.63) is 70.3 Å². The van der Waals surface area contributed by atoms with Crippen molar-refractivity contribution in [2.45, 2.75) is 69.8 Å². The van der Waals surface area contributed by atoms with Crippen LogP contribution in [-0.4, -0.2) is 91.9 Å². The number of hydrogen-bond donors (Lipinski definition) is 1. The van der Waals surface area contributed by atoms with Crippen LogP contribution in [0.15, 0.2) is 52.9 Å². The summed E-state index contributed by atoms with van der Waals surface area (Å²) >= 11 is 6.48. The van der Waals surface area contributed by atoms with Gasteiger partial charge in [0.25, 0.3) is 5.91 Å². The van der Waals surface area contributed by atoms with Crippen molar-refractivity contribution >= 4 is 39.0 Å². The monoisotopic (exact) mass is 738 g/mol. The summed E-state index contributed by atoms with van der Waals surface area (Å²) in [5.41, 5.74) is 3.48. The van der Waals surface area contributed by atoms with Crippen molar-refractivity contribution in [2.75, 3.05) is 69.8 Å². The number of allylic oxidation sites excluding steroid dienone is 1. The van der Waals surface area contributed by atoms with Gasteiger partial charge in [-0.25, -0.2) is 4.21 Å². The minimum absolute atomic E-state index is 0.0475. The van der Waals surface area contributed by atoms with E-state index in [0.29, 0.717) is 43.5 Å². The van der Waals surface area contributed by atoms with Gasteiger partial charge in [-0.15, -0.1) is 4.36 Å². The Morgan fingerprint density at radius 2 is 2.02 bits per heavy atom. The van der Waals surface area contributed by atoms with Gasteiger partial charge in [-0.1, -0.05) is 36.7 Å². The van der Waals surface area contributed by atoms with Crippen molar-refractivity contribution in [1.29, 1.82) is 0 Å². The van der Waals surface area contributed by atoms with E-state index in [9.17, 15) is 13.8 Å². The standard InChI is InChI=1S/C39H51ClN4O6S/c1-2-37(45)41-51(47)22-5-3-4-8-35(49-21-18-43-16-19-48-20-17-43)32-12-9-30(32)25-44-26-39(15-6-7-28-23-31(40)11-13-33(28)39)27-50-36-14-10-29(24-34(36)44)38(46)42-51/h4,8,10-11,13-14,23-24,30,32,35H,2-3,5-7,9,12,15-22,25-27H2,1H3,(H,41,42,45,46,47)/b8-4-/t30-,32+,35-,39-,51?/m0/s1. The highest BCUT2D eigenvalue weighted by atomic mass is 35.5. The van der Waals surface area contributed by atoms with E-state index in [4.69, 9.17) is 25.8 Å². The summed E-state index contributed by atoms with van der Waals surface area (Å²) in [5, 5.41) is 0.747. The van der Waals surface area contributed by atoms with Gasteiger partial charge in [0.1, 0.15) is 15.7 Å². The lowest BCUT2D eigenvalue weighted by atomic mass is 9.68. The molecule has 2 aliphatic carbocycles. The maximum Gasteiger partial charge on any atom is 0.286 e. The molecular formula is C39H51ClN4O6S. The number of carbonyl (C=O) groups is 2. The molecule has 5 atom stereocenters. The summed E-state index contributed by atoms with van der Waals surface area (Å²) in [7, 11) is -3.34. The van der Waals surface area contributed by atoms with Crippen LogP contribution in [0.5, 0.6) is 5.75 Å². The summed E-state index contributed by atoms with van der Waals surface area (Å²) in [6, 6.07) is 11.7. The molecule has 7 rings (SSSR count). The Bertz CT molecular complexity index is 1750. The maximum atomic E-state index is 14.0. The highest BCUT2D eigenvalue weighted by Crippen LogP contribution is 2.47. The number of anilines is 1. The molecule has 1 spiro atoms. The lowest BCUT2D eigenvalue weighted by Crippen LogP contribution is -2.50. The maximum absolute atomic E-state index is 14.0. The van der Waals surface area contributed by atoms with Crippen LogP contribution < -0.4 is 14.4 Å². The van der Waals surface area contributed by atoms with Crippen LogP contribution in [0.3, 0.4) is 0 Å². The van der Waals surface area contributed by atoms with Gasteiger partial charge in [0.2, 0.25) is 5.91 Å². The number of benzene rings is 2. The fourth-order valence-corrected chi connectivity index (χ4v) is 10.3. The Kier molecular flexibility index (Phi) is 11.4. The van der Waals surface area contributed by atoms with Crippen LogP contribution in [0.2, 0.25) is 5.02 Å². The molecule has 1 saturated carbocycles. The minimum atomic E-state index is -3.34. The lowest BCUT2D eigenvalue weighted by Gasteiger charge is -2.46. The van der Waals surface area contributed by atoms with E-state index in [-0.39, 0.29) is 23.7 Å². The molecule has 2 amide bonds. The fraction of sp³-hybridized carbons (Fsp3) is 0.590. The molecule has 2 fully saturated rings. The average molecular weight is 739 g/mol. The topological polar surface area (TPSA) is 110 Å². The first-order chi connectivity index (χ1) is 24.7. The number of carbonyl (C=O) groups excluding carboxylic acids is 2. The van der Waals surface area contributed by atoms with Crippen molar-refractivity contribution < 1.29 is 28.0 Å². The minimum Gasteiger partial charge on any atom is -0.490 e. The second kappa shape index (κ2) is 16.0. The van der Waals surface area contributed by atoms with Crippen molar-refractivity contribution in [3.63, 3.8) is 0 Å². The van der Waals surface area contributed by atoms with Crippen LogP contribution in [-0.2, 0) is 36.0 Å². The van der Waals surface area contributed by atoms with E-state index in [1.54, 1.807) is 13.0 Å². The number of amides is 2. The first-order valence-corrected chi connectivity index (χ1v) is 20.8. The molecule has 2 aromatic carbocycles. The molecule has 3 aliphatic heterocycles. The second-order valence-electron chi connectivity index (χ2n) is 14.8. The van der Waals surface area contributed by atoms with Crippen LogP contribution in [0.4, 0.5) is 5.69 Å². The fourth-order valence-electron chi connectivity index (χ4n) is 8.43. The van der Waals surface area contributed by atoms with E-state index < -0.39 is 21.7 Å². The predicted octanol–water partition coefficient (Wildman–Crippen LogP) is 5.96. The molecule has 5 aliphatic rings. The van der Waals surface area contributed by atoms with Gasteiger partial charge >= 0.3 is 0 Å². The van der Waals surface area contributed by atoms with E-state index in [1.807, 2.05) is 18.2 Å². The van der Waals surface area contributed by atoms with E-state index >= 15 is 0 Å². The van der Waals surface area contributed by atoms with Gasteiger partial charge in [0.15, 0.2) is 0 Å². The highest BCUT2D eigenvalue weighted by molar-refractivity contribution is 7.92. The van der Waals surface area contributed by atoms with Gasteiger partial charge in [-0.2, -0.15) is 0 Å². The number of halogens is 1. The van der Waals surface area contributed by atoms with Crippen molar-refractivity contribution in [2.24, 2.45) is 16.2 Å². The van der Waals surface area contributed by atoms with E-state index in [0.717, 1.165) is 94.5 Å². The number of nitrogens with zero attached hydrogens (tertiary/aromatic N) is 3. The summed E-state index contributed by atoms with van der Waals surface area (Å²) in [5.74, 6) is 0.530. The van der Waals surface area contributed by atoms with E-state index in [1.165, 1.54) is 11.1 Å². The van der Waals surface area contributed by atoms with Crippen LogP contribution in [0.25, 0.3) is 0 Å². The zero-order chi connectivity index (χ0) is 35.4. The summed E-state index contributed by atoms with van der Waals surface area (Å²) < 4.78 is 39.7. The Hall–Kier alpha value is -2.96. The van der Waals surface area contributed by atoms with Gasteiger partial charge in [-0.3, -0.25) is 19.2 Å². The zero-order valence-corrected chi connectivity index (χ0v) is 31.2. The molecule has 51 heavy (non-hydrogen) atoms. The average Bonchev–Trinajstić information content (AvgIpc) is 3.26. The SMILES string of the molecule is CCC(=O)NS1(=O)=NC(=O)c2ccc3c(c2)N(C[C@@H]2CC[C@H]2[C@@H](OCCN2CCOCC2)/C=C\CCC1)C[C@@]1(CCCc2cc(Cl)ccc21)CO3. The Labute approximate surface area is 307 Å². The van der Waals surface area contributed by atoms with Crippen molar-refractivity contribution in [1.82, 2.24) is 9.62 Å². The third kappa shape index (κ3) is 8.33. The molecule has 0 radical (unpaired) electrons. The third-order valence-corrected chi connectivity index (χ3v) is 13.5. The number of fused-ring (bicyclic) bond motifs is 4. The Morgan fingerprint density at radius 1 is 1.16 bits per heavy atom. The van der Waals surface area contributed by atoms with Crippen LogP contribution in [0, 0.1) is 11.8 Å². The first kappa shape index (κ1) is 36.4. The number of nitrogens with one attached hydrogen (secondary N) is 1. The number of rotatable bonds is 6. The van der Waals surface area contributed by atoms with Gasteiger partial charge < -0.3 is 19.1 Å². The summed E-state index contributed by atoms with van der Waals surface area (Å²) in [6.45, 7) is 8.61. The Balaban J connectivity index is 1.24. The molecule has 2 bridgehead atoms. The normalized spacial score (nSPS) is 30.5. The number of hydrogen-bond acceptors (Lipinski definition) is 8. The molecule has 0 aromatic heterocycles. The summed E-state index contributed by atoms with van der Waals surface area (Å²) in [6.07, 6.45) is 10.7. The molecule has 276 valence electrons. The first-order valence-electron chi connectivity index (χ1n) is 18.7. The number of ether oxygens (including phenoxy) is 3. The van der Waals surface area contributed by atoms with Gasteiger partial charge in [-0.05, 0) is 98.2 Å². The van der Waals surface area contributed by atoms with E-state index in [2.05, 4.69) is 43.2 Å². The third-order valence-electron chi connectivity index (χ3n) is 11.4. The van der Waals surface area contributed by atoms with Gasteiger partial charge in [0, 0.05) is 55.1 Å². The Morgan fingerprint density at radius 3 is 2.82 bits per heavy atom. The van der Waals surface area contributed by atoms with Crippen molar-refractivity contribution in [3.8, 4) is 5.75 Å². The largest absolute Gasteiger partial charge is 0.490 e. The molecule has 2 aromatic rings. The molecule has 12 heteroatoms. The predicted molar refractivity (Wildman–Crippen MR) is 200 cm³/mol. The molecule has 1 unspecified atom stereocenters. The molecular weight excluding hydrogens is 688 g/mol.